The number of amides is 1. The predicted octanol–water partition coefficient (Wildman–Crippen LogP) is 5.58. The Labute approximate surface area is 235 Å². The predicted molar refractivity (Wildman–Crippen MR) is 147 cm³/mol. The molecule has 0 aliphatic carbocycles. The first-order valence-electron chi connectivity index (χ1n) is 12.3. The number of fused-ring (bicyclic) bond motifs is 1. The fourth-order valence-electron chi connectivity index (χ4n) is 4.43. The number of thiophene rings is 1. The Balaban J connectivity index is 1.68. The summed E-state index contributed by atoms with van der Waals surface area (Å²) in [5.41, 5.74) is 0.232. The number of benzene rings is 2. The van der Waals surface area contributed by atoms with Crippen LogP contribution in [0.25, 0.3) is 21.2 Å². The lowest BCUT2D eigenvalue weighted by molar-refractivity contribution is 0.0121. The molecule has 1 fully saturated rings. The van der Waals surface area contributed by atoms with Crippen molar-refractivity contribution in [2.24, 2.45) is 7.05 Å². The van der Waals surface area contributed by atoms with Crippen LogP contribution in [-0.4, -0.2) is 48.6 Å². The van der Waals surface area contributed by atoms with Crippen LogP contribution in [0, 0.1) is 11.6 Å². The summed E-state index contributed by atoms with van der Waals surface area (Å²) in [4.78, 5) is 27.2. The lowest BCUT2D eigenvalue weighted by Gasteiger charge is -2.16. The van der Waals surface area contributed by atoms with E-state index in [1.165, 1.54) is 49.0 Å². The zero-order chi connectivity index (χ0) is 29.7. The molecule has 8 nitrogen and oxygen atoms in total. The zero-order valence-corrected chi connectivity index (χ0v) is 23.3. The summed E-state index contributed by atoms with van der Waals surface area (Å²) in [6.07, 6.45) is 0.985. The van der Waals surface area contributed by atoms with Crippen LogP contribution >= 0.6 is 11.3 Å². The van der Waals surface area contributed by atoms with Crippen molar-refractivity contribution >= 4 is 43.0 Å². The molecule has 0 radical (unpaired) electrons. The van der Waals surface area contributed by atoms with Crippen LogP contribution in [0.1, 0.15) is 23.0 Å². The number of nitrogens with zero attached hydrogens (tertiary/aromatic N) is 2. The summed E-state index contributed by atoms with van der Waals surface area (Å²) in [6, 6.07) is 8.28. The van der Waals surface area contributed by atoms with Crippen molar-refractivity contribution in [1.82, 2.24) is 9.47 Å². The highest BCUT2D eigenvalue weighted by Gasteiger charge is 2.41. The molecule has 2 aromatic heterocycles. The van der Waals surface area contributed by atoms with Gasteiger partial charge in [-0.25, -0.2) is 26.0 Å². The van der Waals surface area contributed by atoms with E-state index >= 15 is 0 Å². The number of ether oxygens (including phenoxy) is 1. The highest BCUT2D eigenvalue weighted by molar-refractivity contribution is 7.92. The number of rotatable bonds is 7. The van der Waals surface area contributed by atoms with E-state index in [0.29, 0.717) is 16.3 Å². The van der Waals surface area contributed by atoms with Gasteiger partial charge in [0.05, 0.1) is 27.3 Å². The van der Waals surface area contributed by atoms with E-state index < -0.39 is 52.0 Å². The van der Waals surface area contributed by atoms with Crippen molar-refractivity contribution in [2.45, 2.75) is 19.3 Å². The average molecular weight is 610 g/mol. The maximum atomic E-state index is 14.5. The van der Waals surface area contributed by atoms with Crippen molar-refractivity contribution in [3.63, 3.8) is 0 Å². The van der Waals surface area contributed by atoms with Crippen LogP contribution < -0.4 is 15.0 Å². The molecule has 2 aromatic carbocycles. The van der Waals surface area contributed by atoms with E-state index in [4.69, 9.17) is 4.74 Å². The molecule has 3 heterocycles. The van der Waals surface area contributed by atoms with Crippen LogP contribution in [-0.2, 0) is 17.1 Å². The standard InChI is InChI=1S/C27H23F4N3O5S2/c1-3-41(37,38)32-16-5-7-21(39-22-6-4-15(28)10-20(22)29)17(11-16)19-13-33(2)25(35)18-12-23(40-24(18)19)26(36)34-9-8-27(30,31)14-34/h4-7,10-13,32H,3,8-9,14H2,1-2H3. The molecule has 1 N–H and O–H groups in total. The maximum Gasteiger partial charge on any atom is 0.267 e. The van der Waals surface area contributed by atoms with Crippen LogP contribution in [0.3, 0.4) is 0 Å². The van der Waals surface area contributed by atoms with Gasteiger partial charge >= 0.3 is 0 Å². The third-order valence-corrected chi connectivity index (χ3v) is 9.02. The van der Waals surface area contributed by atoms with Gasteiger partial charge in [0.25, 0.3) is 17.4 Å². The molecule has 0 atom stereocenters. The zero-order valence-electron chi connectivity index (χ0n) is 21.7. The highest BCUT2D eigenvalue weighted by Crippen LogP contribution is 2.42. The summed E-state index contributed by atoms with van der Waals surface area (Å²) >= 11 is 0.913. The van der Waals surface area contributed by atoms with E-state index in [1.807, 2.05) is 0 Å². The number of hydrogen-bond acceptors (Lipinski definition) is 6. The number of halogens is 4. The molecule has 1 saturated heterocycles. The normalized spacial score (nSPS) is 14.9. The average Bonchev–Trinajstić information content (AvgIpc) is 3.52. The van der Waals surface area contributed by atoms with Crippen molar-refractivity contribution in [3.8, 4) is 22.6 Å². The molecule has 5 rings (SSSR count). The summed E-state index contributed by atoms with van der Waals surface area (Å²) in [6.45, 7) is 0.590. The van der Waals surface area contributed by atoms with E-state index in [-0.39, 0.29) is 45.3 Å². The Morgan fingerprint density at radius 3 is 2.49 bits per heavy atom. The summed E-state index contributed by atoms with van der Waals surface area (Å²) < 4.78 is 89.8. The summed E-state index contributed by atoms with van der Waals surface area (Å²) in [5.74, 6) is -5.93. The number of carbonyl (C=O) groups is 1. The second-order valence-corrected chi connectivity index (χ2v) is 12.6. The monoisotopic (exact) mass is 609 g/mol. The number of alkyl halides is 2. The Bertz CT molecular complexity index is 1850. The summed E-state index contributed by atoms with van der Waals surface area (Å²) in [5, 5.41) is 0.128. The van der Waals surface area contributed by atoms with Crippen LogP contribution in [0.2, 0.25) is 0 Å². The van der Waals surface area contributed by atoms with E-state index in [9.17, 15) is 35.6 Å². The number of anilines is 1. The van der Waals surface area contributed by atoms with Gasteiger partial charge in [0.2, 0.25) is 10.0 Å². The molecule has 216 valence electrons. The molecule has 4 aromatic rings. The number of sulfonamides is 1. The minimum atomic E-state index is -3.69. The summed E-state index contributed by atoms with van der Waals surface area (Å²) in [7, 11) is -2.23. The fraction of sp³-hybridized carbons (Fsp3) is 0.259. The molecule has 14 heteroatoms. The number of aryl methyl sites for hydroxylation is 1. The van der Waals surface area contributed by atoms with Crippen LogP contribution in [0.15, 0.2) is 53.5 Å². The Morgan fingerprint density at radius 1 is 1.10 bits per heavy atom. The lowest BCUT2D eigenvalue weighted by Crippen LogP contribution is -2.30. The number of likely N-dealkylation sites (tertiary alicyclic amines) is 1. The highest BCUT2D eigenvalue weighted by atomic mass is 32.2. The van der Waals surface area contributed by atoms with Gasteiger partial charge in [-0.15, -0.1) is 11.3 Å². The third kappa shape index (κ3) is 5.79. The Kier molecular flexibility index (Phi) is 7.32. The van der Waals surface area contributed by atoms with Gasteiger partial charge in [0.15, 0.2) is 11.6 Å². The molecular formula is C27H23F4N3O5S2. The Hall–Kier alpha value is -3.91. The number of carbonyl (C=O) groups excluding carboxylic acids is 1. The Morgan fingerprint density at radius 2 is 1.83 bits per heavy atom. The first kappa shape index (κ1) is 28.6. The van der Waals surface area contributed by atoms with Crippen LogP contribution in [0.4, 0.5) is 23.2 Å². The van der Waals surface area contributed by atoms with Gasteiger partial charge in [0, 0.05) is 49.1 Å². The molecule has 41 heavy (non-hydrogen) atoms. The van der Waals surface area contributed by atoms with Gasteiger partial charge in [-0.05, 0) is 43.3 Å². The molecule has 1 aliphatic heterocycles. The number of hydrogen-bond donors (Lipinski definition) is 1. The lowest BCUT2D eigenvalue weighted by atomic mass is 10.0. The molecule has 0 bridgehead atoms. The second kappa shape index (κ2) is 10.5. The molecule has 0 spiro atoms. The van der Waals surface area contributed by atoms with Crippen molar-refractivity contribution in [3.05, 3.63) is 75.5 Å². The van der Waals surface area contributed by atoms with Gasteiger partial charge < -0.3 is 14.2 Å². The van der Waals surface area contributed by atoms with E-state index in [1.54, 1.807) is 0 Å². The van der Waals surface area contributed by atoms with Crippen molar-refractivity contribution in [1.29, 1.82) is 0 Å². The van der Waals surface area contributed by atoms with E-state index in [0.717, 1.165) is 28.4 Å². The quantitative estimate of drug-likeness (QED) is 0.276. The molecule has 0 saturated carbocycles. The minimum Gasteiger partial charge on any atom is -0.454 e. The van der Waals surface area contributed by atoms with Crippen LogP contribution in [0.5, 0.6) is 11.5 Å². The first-order valence-corrected chi connectivity index (χ1v) is 14.8. The van der Waals surface area contributed by atoms with Crippen molar-refractivity contribution in [2.75, 3.05) is 23.6 Å². The number of pyridine rings is 1. The first-order chi connectivity index (χ1) is 19.3. The SMILES string of the molecule is CCS(=O)(=O)Nc1ccc(Oc2ccc(F)cc2F)c(-c2cn(C)c(=O)c3cc(C(=O)N4CCC(F)(F)C4)sc23)c1. The van der Waals surface area contributed by atoms with Gasteiger partial charge in [-0.1, -0.05) is 0 Å². The van der Waals surface area contributed by atoms with Gasteiger partial charge in [0.1, 0.15) is 11.6 Å². The van der Waals surface area contributed by atoms with Gasteiger partial charge in [-0.2, -0.15) is 0 Å². The fourth-order valence-corrected chi connectivity index (χ4v) is 6.21. The van der Waals surface area contributed by atoms with Gasteiger partial charge in [-0.3, -0.25) is 14.3 Å². The molecule has 1 amide bonds. The smallest absolute Gasteiger partial charge is 0.267 e. The van der Waals surface area contributed by atoms with Crippen molar-refractivity contribution < 1.29 is 35.5 Å². The largest absolute Gasteiger partial charge is 0.454 e. The molecular weight excluding hydrogens is 586 g/mol. The number of nitrogens with one attached hydrogen (secondary N) is 1. The maximum absolute atomic E-state index is 14.5. The minimum absolute atomic E-state index is 0.0374. The number of aromatic nitrogens is 1. The molecule has 1 aliphatic rings. The third-order valence-electron chi connectivity index (χ3n) is 6.55. The second-order valence-electron chi connectivity index (χ2n) is 9.54. The molecule has 0 unspecified atom stereocenters. The van der Waals surface area contributed by atoms with E-state index in [2.05, 4.69) is 4.72 Å². The topological polar surface area (TPSA) is 97.7 Å².